The first-order valence-corrected chi connectivity index (χ1v) is 5.22. The second kappa shape index (κ2) is 3.82. The van der Waals surface area contributed by atoms with Crippen molar-refractivity contribution in [1.29, 1.82) is 0 Å². The van der Waals surface area contributed by atoms with Crippen LogP contribution in [0.4, 0.5) is 5.13 Å². The van der Waals surface area contributed by atoms with Crippen LogP contribution in [0.25, 0.3) is 0 Å². The number of nitrogens with zero attached hydrogens (tertiary/aromatic N) is 3. The summed E-state index contributed by atoms with van der Waals surface area (Å²) >= 11 is 1.29. The zero-order valence-corrected chi connectivity index (χ0v) is 8.99. The van der Waals surface area contributed by atoms with Gasteiger partial charge >= 0.3 is 0 Å². The van der Waals surface area contributed by atoms with Crippen molar-refractivity contribution < 1.29 is 0 Å². The third-order valence-corrected chi connectivity index (χ3v) is 2.68. The van der Waals surface area contributed by atoms with Crippen LogP contribution in [-0.4, -0.2) is 14.8 Å². The Morgan fingerprint density at radius 3 is 2.93 bits per heavy atom. The Balaban J connectivity index is 2.28. The van der Waals surface area contributed by atoms with Gasteiger partial charge in [-0.15, -0.1) is 10.2 Å². The molecule has 0 atom stereocenters. The summed E-state index contributed by atoms with van der Waals surface area (Å²) < 4.78 is 1.58. The topological polar surface area (TPSA) is 73.8 Å². The van der Waals surface area contributed by atoms with E-state index in [1.807, 2.05) is 13.0 Å². The maximum absolute atomic E-state index is 11.5. The maximum atomic E-state index is 11.5. The molecule has 2 N–H and O–H groups in total. The van der Waals surface area contributed by atoms with Crippen LogP contribution in [-0.2, 0) is 6.54 Å². The fourth-order valence-electron chi connectivity index (χ4n) is 1.21. The molecule has 15 heavy (non-hydrogen) atoms. The fraction of sp³-hybridized carbons (Fsp3) is 0.222. The van der Waals surface area contributed by atoms with Crippen LogP contribution >= 0.6 is 11.3 Å². The second-order valence-electron chi connectivity index (χ2n) is 3.20. The molecule has 2 heterocycles. The van der Waals surface area contributed by atoms with Gasteiger partial charge in [-0.3, -0.25) is 4.79 Å². The van der Waals surface area contributed by atoms with E-state index in [0.717, 1.165) is 10.6 Å². The summed E-state index contributed by atoms with van der Waals surface area (Å²) in [7, 11) is 0. The number of hydrogen-bond acceptors (Lipinski definition) is 5. The monoisotopic (exact) mass is 222 g/mol. The number of aryl methyl sites for hydroxylation is 1. The van der Waals surface area contributed by atoms with Crippen LogP contribution in [0.1, 0.15) is 10.6 Å². The Morgan fingerprint density at radius 2 is 2.33 bits per heavy atom. The Kier molecular flexibility index (Phi) is 2.51. The molecular formula is C9H10N4OS. The van der Waals surface area contributed by atoms with Crippen LogP contribution in [0.2, 0.25) is 0 Å². The summed E-state index contributed by atoms with van der Waals surface area (Å²) in [6.45, 7) is 2.31. The van der Waals surface area contributed by atoms with Crippen molar-refractivity contribution in [3.8, 4) is 0 Å². The lowest BCUT2D eigenvalue weighted by Gasteiger charge is -2.01. The van der Waals surface area contributed by atoms with Gasteiger partial charge in [0.05, 0.1) is 6.54 Å². The van der Waals surface area contributed by atoms with Gasteiger partial charge in [0.25, 0.3) is 5.56 Å². The quantitative estimate of drug-likeness (QED) is 0.809. The van der Waals surface area contributed by atoms with E-state index in [1.54, 1.807) is 16.8 Å². The average Bonchev–Trinajstić information content (AvgIpc) is 2.56. The lowest BCUT2D eigenvalue weighted by Crippen LogP contribution is -2.19. The number of aromatic nitrogens is 3. The Bertz CT molecular complexity index is 531. The van der Waals surface area contributed by atoms with E-state index in [4.69, 9.17) is 5.73 Å². The van der Waals surface area contributed by atoms with Crippen LogP contribution in [0.15, 0.2) is 23.1 Å². The molecule has 0 aliphatic carbocycles. The van der Waals surface area contributed by atoms with E-state index in [9.17, 15) is 4.79 Å². The van der Waals surface area contributed by atoms with E-state index >= 15 is 0 Å². The van der Waals surface area contributed by atoms with Crippen molar-refractivity contribution in [2.75, 3.05) is 5.73 Å². The molecule has 0 radical (unpaired) electrons. The number of nitrogens with two attached hydrogens (primary N) is 1. The molecule has 6 heteroatoms. The zero-order valence-electron chi connectivity index (χ0n) is 8.17. The molecule has 0 aliphatic rings. The van der Waals surface area contributed by atoms with Crippen molar-refractivity contribution in [1.82, 2.24) is 14.8 Å². The minimum atomic E-state index is -0.0382. The predicted octanol–water partition coefficient (Wildman–Crippen LogP) is 0.639. The number of pyridine rings is 1. The largest absolute Gasteiger partial charge is 0.374 e. The molecule has 0 saturated heterocycles. The lowest BCUT2D eigenvalue weighted by molar-refractivity contribution is 0.742. The van der Waals surface area contributed by atoms with E-state index in [1.165, 1.54) is 11.3 Å². The first kappa shape index (κ1) is 9.85. The zero-order chi connectivity index (χ0) is 10.8. The van der Waals surface area contributed by atoms with Crippen molar-refractivity contribution >= 4 is 16.5 Å². The maximum Gasteiger partial charge on any atom is 0.251 e. The molecule has 0 unspecified atom stereocenters. The molecule has 0 aromatic carbocycles. The first-order chi connectivity index (χ1) is 7.15. The number of anilines is 1. The third-order valence-electron chi connectivity index (χ3n) is 1.94. The van der Waals surface area contributed by atoms with Crippen LogP contribution in [0, 0.1) is 6.92 Å². The van der Waals surface area contributed by atoms with E-state index in [-0.39, 0.29) is 5.56 Å². The first-order valence-electron chi connectivity index (χ1n) is 4.40. The molecule has 0 bridgehead atoms. The van der Waals surface area contributed by atoms with Gasteiger partial charge in [0.15, 0.2) is 0 Å². The summed E-state index contributed by atoms with van der Waals surface area (Å²) in [6, 6.07) is 3.47. The Morgan fingerprint density at radius 1 is 1.53 bits per heavy atom. The van der Waals surface area contributed by atoms with Gasteiger partial charge in [-0.2, -0.15) is 0 Å². The summed E-state index contributed by atoms with van der Waals surface area (Å²) in [4.78, 5) is 11.5. The second-order valence-corrected chi connectivity index (χ2v) is 4.30. The van der Waals surface area contributed by atoms with Crippen LogP contribution in [0.3, 0.4) is 0 Å². The van der Waals surface area contributed by atoms with E-state index in [0.29, 0.717) is 11.7 Å². The molecule has 5 nitrogen and oxygen atoms in total. The number of rotatable bonds is 2. The van der Waals surface area contributed by atoms with Crippen molar-refractivity contribution in [3.63, 3.8) is 0 Å². The molecular weight excluding hydrogens is 212 g/mol. The highest BCUT2D eigenvalue weighted by atomic mass is 32.1. The minimum Gasteiger partial charge on any atom is -0.374 e. The SMILES string of the molecule is Cc1ccn(Cc2nnc(N)s2)c(=O)c1. The number of nitrogen functional groups attached to an aromatic ring is 1. The summed E-state index contributed by atoms with van der Waals surface area (Å²) in [5.74, 6) is 0. The molecule has 2 aromatic rings. The standard InChI is InChI=1S/C9H10N4OS/c1-6-2-3-13(8(14)4-6)5-7-11-12-9(10)15-7/h2-4H,5H2,1H3,(H2,10,12). The van der Waals surface area contributed by atoms with Crippen LogP contribution < -0.4 is 11.3 Å². The van der Waals surface area contributed by atoms with Gasteiger partial charge in [0.1, 0.15) is 5.01 Å². The Labute approximate surface area is 90.2 Å². The van der Waals surface area contributed by atoms with Gasteiger partial charge in [0, 0.05) is 12.3 Å². The van der Waals surface area contributed by atoms with Crippen molar-refractivity contribution in [2.45, 2.75) is 13.5 Å². The molecule has 0 spiro atoms. The highest BCUT2D eigenvalue weighted by molar-refractivity contribution is 7.15. The van der Waals surface area contributed by atoms with Crippen molar-refractivity contribution in [2.24, 2.45) is 0 Å². The average molecular weight is 222 g/mol. The smallest absolute Gasteiger partial charge is 0.251 e. The van der Waals surface area contributed by atoms with Gasteiger partial charge < -0.3 is 10.3 Å². The highest BCUT2D eigenvalue weighted by Gasteiger charge is 2.03. The van der Waals surface area contributed by atoms with E-state index < -0.39 is 0 Å². The minimum absolute atomic E-state index is 0.0382. The fourth-order valence-corrected chi connectivity index (χ4v) is 1.82. The molecule has 2 aromatic heterocycles. The molecule has 0 saturated carbocycles. The summed E-state index contributed by atoms with van der Waals surface area (Å²) in [5, 5.41) is 8.71. The Hall–Kier alpha value is -1.69. The van der Waals surface area contributed by atoms with Gasteiger partial charge in [0.2, 0.25) is 5.13 Å². The summed E-state index contributed by atoms with van der Waals surface area (Å²) in [6.07, 6.45) is 1.75. The molecule has 2 rings (SSSR count). The molecule has 0 aliphatic heterocycles. The van der Waals surface area contributed by atoms with Gasteiger partial charge in [-0.05, 0) is 18.6 Å². The van der Waals surface area contributed by atoms with Gasteiger partial charge in [-0.1, -0.05) is 11.3 Å². The lowest BCUT2D eigenvalue weighted by atomic mass is 10.3. The molecule has 0 amide bonds. The van der Waals surface area contributed by atoms with Crippen molar-refractivity contribution in [3.05, 3.63) is 39.3 Å². The van der Waals surface area contributed by atoms with Gasteiger partial charge in [-0.25, -0.2) is 0 Å². The predicted molar refractivity (Wildman–Crippen MR) is 58.9 cm³/mol. The molecule has 78 valence electrons. The third kappa shape index (κ3) is 2.21. The summed E-state index contributed by atoms with van der Waals surface area (Å²) in [5.41, 5.74) is 6.37. The number of hydrogen-bond donors (Lipinski definition) is 1. The van der Waals surface area contributed by atoms with Crippen LogP contribution in [0.5, 0.6) is 0 Å². The normalized spacial score (nSPS) is 10.5. The van der Waals surface area contributed by atoms with E-state index in [2.05, 4.69) is 10.2 Å². The molecule has 0 fully saturated rings. The highest BCUT2D eigenvalue weighted by Crippen LogP contribution is 2.11.